The Morgan fingerprint density at radius 1 is 1.39 bits per heavy atom. The number of carbonyl (C=O) groups is 1. The summed E-state index contributed by atoms with van der Waals surface area (Å²) in [5, 5.41) is 19.0. The van der Waals surface area contributed by atoms with E-state index in [-0.39, 0.29) is 12.2 Å². The van der Waals surface area contributed by atoms with Crippen molar-refractivity contribution in [3.8, 4) is 0 Å². The van der Waals surface area contributed by atoms with E-state index in [9.17, 15) is 14.9 Å². The van der Waals surface area contributed by atoms with Crippen LogP contribution in [-0.4, -0.2) is 31.1 Å². The predicted molar refractivity (Wildman–Crippen MR) is 68.7 cm³/mol. The average molecular weight is 253 g/mol. The van der Waals surface area contributed by atoms with Crippen LogP contribution in [0.3, 0.4) is 0 Å². The number of amides is 2. The van der Waals surface area contributed by atoms with Crippen LogP contribution in [0.4, 0.5) is 21.9 Å². The van der Waals surface area contributed by atoms with Crippen molar-refractivity contribution in [3.05, 3.63) is 28.3 Å². The molecule has 2 amide bonds. The Labute approximate surface area is 104 Å². The minimum absolute atomic E-state index is 0.0286. The number of nitrogens with two attached hydrogens (primary N) is 1. The molecule has 0 spiro atoms. The molecule has 0 bridgehead atoms. The Hall–Kier alpha value is -2.51. The number of benzene rings is 1. The number of rotatable bonds is 6. The topological polar surface area (TPSA) is 122 Å². The lowest BCUT2D eigenvalue weighted by Gasteiger charge is -2.09. The number of nitro benzene ring substituents is 1. The second-order valence-electron chi connectivity index (χ2n) is 3.43. The van der Waals surface area contributed by atoms with Gasteiger partial charge >= 0.3 is 11.7 Å². The zero-order valence-electron chi connectivity index (χ0n) is 9.90. The number of hydrogen-bond donors (Lipinski definition) is 4. The van der Waals surface area contributed by atoms with Gasteiger partial charge in [-0.25, -0.2) is 4.79 Å². The summed E-state index contributed by atoms with van der Waals surface area (Å²) in [5.41, 5.74) is 5.68. The van der Waals surface area contributed by atoms with Crippen LogP contribution in [-0.2, 0) is 0 Å². The third kappa shape index (κ3) is 3.51. The van der Waals surface area contributed by atoms with Crippen LogP contribution in [0.1, 0.15) is 0 Å². The summed E-state index contributed by atoms with van der Waals surface area (Å²) in [6.45, 7) is 0.632. The summed E-state index contributed by atoms with van der Waals surface area (Å²) in [4.78, 5) is 21.0. The molecule has 8 heteroatoms. The lowest BCUT2D eigenvalue weighted by atomic mass is 10.2. The van der Waals surface area contributed by atoms with Gasteiger partial charge in [-0.3, -0.25) is 10.1 Å². The number of urea groups is 1. The normalized spacial score (nSPS) is 9.61. The molecule has 0 unspecified atom stereocenters. The lowest BCUT2D eigenvalue weighted by molar-refractivity contribution is -0.383. The van der Waals surface area contributed by atoms with Crippen molar-refractivity contribution in [1.29, 1.82) is 0 Å². The Morgan fingerprint density at radius 2 is 2.06 bits per heavy atom. The number of nitro groups is 1. The summed E-state index contributed by atoms with van der Waals surface area (Å²) in [6, 6.07) is 4.28. The SMILES string of the molecule is CNc1cccc(NCCNC(N)=O)c1[N+](=O)[O-]. The quantitative estimate of drug-likeness (QED) is 0.338. The molecular formula is C10H15N5O3. The van der Waals surface area contributed by atoms with Gasteiger partial charge < -0.3 is 21.7 Å². The molecule has 0 aliphatic heterocycles. The van der Waals surface area contributed by atoms with Crippen LogP contribution in [0.5, 0.6) is 0 Å². The van der Waals surface area contributed by atoms with Crippen LogP contribution in [0.2, 0.25) is 0 Å². The van der Waals surface area contributed by atoms with E-state index in [2.05, 4.69) is 16.0 Å². The van der Waals surface area contributed by atoms with Gasteiger partial charge in [0.15, 0.2) is 0 Å². The fourth-order valence-corrected chi connectivity index (χ4v) is 1.47. The first-order valence-electron chi connectivity index (χ1n) is 5.28. The second-order valence-corrected chi connectivity index (χ2v) is 3.43. The van der Waals surface area contributed by atoms with E-state index in [1.807, 2.05) is 0 Å². The van der Waals surface area contributed by atoms with Crippen molar-refractivity contribution in [2.75, 3.05) is 30.8 Å². The Morgan fingerprint density at radius 3 is 2.61 bits per heavy atom. The van der Waals surface area contributed by atoms with Crippen LogP contribution in [0, 0.1) is 10.1 Å². The molecule has 0 radical (unpaired) electrons. The third-order valence-electron chi connectivity index (χ3n) is 2.23. The van der Waals surface area contributed by atoms with Crippen molar-refractivity contribution < 1.29 is 9.72 Å². The fourth-order valence-electron chi connectivity index (χ4n) is 1.47. The molecule has 0 fully saturated rings. The highest BCUT2D eigenvalue weighted by molar-refractivity contribution is 5.76. The van der Waals surface area contributed by atoms with Gasteiger partial charge in [-0.05, 0) is 12.1 Å². The second kappa shape index (κ2) is 6.28. The number of nitrogens with zero attached hydrogens (tertiary/aromatic N) is 1. The molecule has 0 saturated carbocycles. The molecule has 0 saturated heterocycles. The van der Waals surface area contributed by atoms with Crippen LogP contribution >= 0.6 is 0 Å². The predicted octanol–water partition coefficient (Wildman–Crippen LogP) is 0.717. The molecule has 1 aromatic rings. The molecule has 0 aromatic heterocycles. The molecule has 8 nitrogen and oxygen atoms in total. The van der Waals surface area contributed by atoms with E-state index in [1.165, 1.54) is 0 Å². The Kier molecular flexibility index (Phi) is 4.73. The van der Waals surface area contributed by atoms with Gasteiger partial charge in [0.25, 0.3) is 0 Å². The standard InChI is InChI=1S/C10H15N5O3/c1-12-7-3-2-4-8(9(7)15(17)18)13-5-6-14-10(11)16/h2-4,12-13H,5-6H2,1H3,(H3,11,14,16). The summed E-state index contributed by atoms with van der Waals surface area (Å²) in [5.74, 6) is 0. The molecule has 1 rings (SSSR count). The van der Waals surface area contributed by atoms with Crippen molar-refractivity contribution in [3.63, 3.8) is 0 Å². The van der Waals surface area contributed by atoms with E-state index < -0.39 is 11.0 Å². The largest absolute Gasteiger partial charge is 0.382 e. The molecule has 98 valence electrons. The Balaban J connectivity index is 2.75. The molecule has 0 aliphatic rings. The fraction of sp³-hybridized carbons (Fsp3) is 0.300. The van der Waals surface area contributed by atoms with Crippen LogP contribution in [0.25, 0.3) is 0 Å². The van der Waals surface area contributed by atoms with E-state index in [0.717, 1.165) is 0 Å². The van der Waals surface area contributed by atoms with Crippen molar-refractivity contribution in [2.45, 2.75) is 0 Å². The molecular weight excluding hydrogens is 238 g/mol. The maximum atomic E-state index is 11.0. The number of para-hydroxylation sites is 1. The van der Waals surface area contributed by atoms with Crippen LogP contribution in [0.15, 0.2) is 18.2 Å². The zero-order chi connectivity index (χ0) is 13.5. The molecule has 0 atom stereocenters. The number of primary amides is 1. The molecule has 0 aliphatic carbocycles. The average Bonchev–Trinajstić information content (AvgIpc) is 2.33. The minimum Gasteiger partial charge on any atom is -0.382 e. The molecule has 5 N–H and O–H groups in total. The highest BCUT2D eigenvalue weighted by atomic mass is 16.6. The Bertz CT molecular complexity index is 449. The maximum Gasteiger partial charge on any atom is 0.315 e. The van der Waals surface area contributed by atoms with E-state index in [4.69, 9.17) is 5.73 Å². The summed E-state index contributed by atoms with van der Waals surface area (Å²) < 4.78 is 0. The molecule has 1 aromatic carbocycles. The first kappa shape index (κ1) is 13.6. The van der Waals surface area contributed by atoms with Crippen molar-refractivity contribution >= 4 is 23.1 Å². The number of anilines is 2. The van der Waals surface area contributed by atoms with Gasteiger partial charge in [0.1, 0.15) is 11.4 Å². The summed E-state index contributed by atoms with van der Waals surface area (Å²) >= 11 is 0. The van der Waals surface area contributed by atoms with Gasteiger partial charge in [-0.15, -0.1) is 0 Å². The molecule has 18 heavy (non-hydrogen) atoms. The number of carbonyl (C=O) groups excluding carboxylic acids is 1. The monoisotopic (exact) mass is 253 g/mol. The van der Waals surface area contributed by atoms with Gasteiger partial charge in [-0.2, -0.15) is 0 Å². The van der Waals surface area contributed by atoms with Crippen LogP contribution < -0.4 is 21.7 Å². The molecule has 0 heterocycles. The first-order valence-corrected chi connectivity index (χ1v) is 5.28. The smallest absolute Gasteiger partial charge is 0.315 e. The summed E-state index contributed by atoms with van der Waals surface area (Å²) in [6.07, 6.45) is 0. The summed E-state index contributed by atoms with van der Waals surface area (Å²) in [7, 11) is 1.61. The third-order valence-corrected chi connectivity index (χ3v) is 2.23. The first-order chi connectivity index (χ1) is 8.56. The lowest BCUT2D eigenvalue weighted by Crippen LogP contribution is -2.33. The number of nitrogens with one attached hydrogen (secondary N) is 3. The minimum atomic E-state index is -0.629. The van der Waals surface area contributed by atoms with E-state index in [0.29, 0.717) is 17.9 Å². The van der Waals surface area contributed by atoms with Gasteiger partial charge in [-0.1, -0.05) is 6.07 Å². The zero-order valence-corrected chi connectivity index (χ0v) is 9.90. The van der Waals surface area contributed by atoms with E-state index in [1.54, 1.807) is 25.2 Å². The highest BCUT2D eigenvalue weighted by Gasteiger charge is 2.18. The maximum absolute atomic E-state index is 11.0. The number of hydrogen-bond acceptors (Lipinski definition) is 5. The highest BCUT2D eigenvalue weighted by Crippen LogP contribution is 2.32. The van der Waals surface area contributed by atoms with Gasteiger partial charge in [0.05, 0.1) is 4.92 Å². The van der Waals surface area contributed by atoms with Crippen molar-refractivity contribution in [1.82, 2.24) is 5.32 Å². The van der Waals surface area contributed by atoms with E-state index >= 15 is 0 Å². The van der Waals surface area contributed by atoms with Gasteiger partial charge in [0.2, 0.25) is 0 Å². The van der Waals surface area contributed by atoms with Gasteiger partial charge in [0, 0.05) is 20.1 Å². The van der Waals surface area contributed by atoms with Crippen molar-refractivity contribution in [2.24, 2.45) is 5.73 Å².